The fourth-order valence-corrected chi connectivity index (χ4v) is 4.00. The molecule has 1 amide bonds. The average molecular weight is 368 g/mol. The maximum absolute atomic E-state index is 12.5. The van der Waals surface area contributed by atoms with Crippen molar-refractivity contribution in [3.8, 4) is 0 Å². The number of rotatable bonds is 6. The molecule has 6 nitrogen and oxygen atoms in total. The summed E-state index contributed by atoms with van der Waals surface area (Å²) >= 11 is 0. The zero-order valence-electron chi connectivity index (χ0n) is 15.1. The monoisotopic (exact) mass is 368 g/mol. The molecule has 140 valence electrons. The van der Waals surface area contributed by atoms with Crippen LogP contribution in [0.4, 0.5) is 0 Å². The van der Waals surface area contributed by atoms with Crippen LogP contribution in [0.25, 0.3) is 0 Å². The largest absolute Gasteiger partial charge is 0.380 e. The minimum absolute atomic E-state index is 0.227. The van der Waals surface area contributed by atoms with Crippen molar-refractivity contribution in [3.05, 3.63) is 35.9 Å². The minimum Gasteiger partial charge on any atom is -0.380 e. The number of benzene rings is 1. The second-order valence-electron chi connectivity index (χ2n) is 7.10. The molecule has 0 spiro atoms. The quantitative estimate of drug-likeness (QED) is 0.793. The normalized spacial score (nSPS) is 20.6. The van der Waals surface area contributed by atoms with Crippen LogP contribution in [0.5, 0.6) is 0 Å². The van der Waals surface area contributed by atoms with E-state index < -0.39 is 21.5 Å². The molecule has 2 unspecified atom stereocenters. The summed E-state index contributed by atoms with van der Waals surface area (Å²) < 4.78 is 24.5. The number of piperidine rings is 1. The molecule has 7 heteroatoms. The van der Waals surface area contributed by atoms with Gasteiger partial charge in [-0.1, -0.05) is 37.3 Å². The molecule has 25 heavy (non-hydrogen) atoms. The summed E-state index contributed by atoms with van der Waals surface area (Å²) in [5.74, 6) is -0.500. The molecular formula is C18H28N2O4S. The first-order chi connectivity index (χ1) is 11.6. The van der Waals surface area contributed by atoms with E-state index in [0.717, 1.165) is 5.56 Å². The summed E-state index contributed by atoms with van der Waals surface area (Å²) in [5.41, 5.74) is -0.599. The number of hydrogen-bond donors (Lipinski definition) is 2. The SMILES string of the molecule is CC(c1ccccc1)C(C)(O)C(=O)NCC1CCN(S(C)(=O)=O)CC1. The van der Waals surface area contributed by atoms with Crippen LogP contribution < -0.4 is 5.32 Å². The Morgan fingerprint density at radius 3 is 2.40 bits per heavy atom. The Hall–Kier alpha value is -1.44. The van der Waals surface area contributed by atoms with Gasteiger partial charge in [-0.3, -0.25) is 4.79 Å². The van der Waals surface area contributed by atoms with Gasteiger partial charge >= 0.3 is 0 Å². The highest BCUT2D eigenvalue weighted by atomic mass is 32.2. The molecule has 1 heterocycles. The van der Waals surface area contributed by atoms with Crippen LogP contribution in [-0.4, -0.2) is 55.2 Å². The Bertz CT molecular complexity index is 680. The van der Waals surface area contributed by atoms with Gasteiger partial charge in [-0.25, -0.2) is 12.7 Å². The van der Waals surface area contributed by atoms with Gasteiger partial charge in [0.05, 0.1) is 6.26 Å². The summed E-state index contributed by atoms with van der Waals surface area (Å²) in [6.07, 6.45) is 2.64. The Morgan fingerprint density at radius 2 is 1.88 bits per heavy atom. The fraction of sp³-hybridized carbons (Fsp3) is 0.611. The molecule has 2 rings (SSSR count). The summed E-state index contributed by atoms with van der Waals surface area (Å²) in [7, 11) is -3.14. The molecule has 1 aromatic carbocycles. The van der Waals surface area contributed by atoms with Crippen molar-refractivity contribution in [1.29, 1.82) is 0 Å². The van der Waals surface area contributed by atoms with E-state index >= 15 is 0 Å². The molecular weight excluding hydrogens is 340 g/mol. The number of nitrogens with one attached hydrogen (secondary N) is 1. The van der Waals surface area contributed by atoms with Crippen molar-refractivity contribution in [2.75, 3.05) is 25.9 Å². The lowest BCUT2D eigenvalue weighted by atomic mass is 9.84. The predicted molar refractivity (Wildman–Crippen MR) is 97.6 cm³/mol. The van der Waals surface area contributed by atoms with Crippen LogP contribution in [-0.2, 0) is 14.8 Å². The van der Waals surface area contributed by atoms with Crippen LogP contribution in [0, 0.1) is 5.92 Å². The smallest absolute Gasteiger partial charge is 0.252 e. The standard InChI is InChI=1S/C18H28N2O4S/c1-14(16-7-5-4-6-8-16)18(2,22)17(21)19-13-15-9-11-20(12-10-15)25(3,23)24/h4-8,14-15,22H,9-13H2,1-3H3,(H,19,21). The van der Waals surface area contributed by atoms with Gasteiger partial charge in [0.25, 0.3) is 5.91 Å². The Labute approximate surface area is 150 Å². The molecule has 0 saturated carbocycles. The van der Waals surface area contributed by atoms with Gasteiger partial charge < -0.3 is 10.4 Å². The van der Waals surface area contributed by atoms with E-state index in [2.05, 4.69) is 5.32 Å². The van der Waals surface area contributed by atoms with Crippen molar-refractivity contribution < 1.29 is 18.3 Å². The highest BCUT2D eigenvalue weighted by Crippen LogP contribution is 2.28. The lowest BCUT2D eigenvalue weighted by Crippen LogP contribution is -2.50. The summed E-state index contributed by atoms with van der Waals surface area (Å²) in [6.45, 7) is 4.78. The first-order valence-corrected chi connectivity index (χ1v) is 10.5. The highest BCUT2D eigenvalue weighted by molar-refractivity contribution is 7.88. The summed E-state index contributed by atoms with van der Waals surface area (Å²) in [6, 6.07) is 9.46. The first-order valence-electron chi connectivity index (χ1n) is 8.63. The number of carbonyl (C=O) groups is 1. The lowest BCUT2D eigenvalue weighted by molar-refractivity contribution is -0.140. The molecule has 0 aliphatic carbocycles. The van der Waals surface area contributed by atoms with E-state index in [1.807, 2.05) is 37.3 Å². The van der Waals surface area contributed by atoms with E-state index in [4.69, 9.17) is 0 Å². The molecule has 2 atom stereocenters. The fourth-order valence-electron chi connectivity index (χ4n) is 3.12. The number of nitrogens with zero attached hydrogens (tertiary/aromatic N) is 1. The Balaban J connectivity index is 1.87. The molecule has 1 aliphatic rings. The lowest BCUT2D eigenvalue weighted by Gasteiger charge is -2.32. The second kappa shape index (κ2) is 7.85. The zero-order chi connectivity index (χ0) is 18.7. The topological polar surface area (TPSA) is 86.7 Å². The van der Waals surface area contributed by atoms with Crippen molar-refractivity contribution in [2.24, 2.45) is 5.92 Å². The summed E-state index contributed by atoms with van der Waals surface area (Å²) in [5, 5.41) is 13.5. The molecule has 1 aliphatic heterocycles. The zero-order valence-corrected chi connectivity index (χ0v) is 15.9. The van der Waals surface area contributed by atoms with E-state index in [0.29, 0.717) is 32.5 Å². The van der Waals surface area contributed by atoms with E-state index in [-0.39, 0.29) is 11.8 Å². The molecule has 0 bridgehead atoms. The van der Waals surface area contributed by atoms with Gasteiger partial charge in [-0.15, -0.1) is 0 Å². The van der Waals surface area contributed by atoms with Gasteiger partial charge in [0.1, 0.15) is 5.60 Å². The van der Waals surface area contributed by atoms with E-state index in [1.54, 1.807) is 0 Å². The second-order valence-corrected chi connectivity index (χ2v) is 9.08. The Morgan fingerprint density at radius 1 is 1.32 bits per heavy atom. The number of hydrogen-bond acceptors (Lipinski definition) is 4. The summed E-state index contributed by atoms with van der Waals surface area (Å²) in [4.78, 5) is 12.5. The van der Waals surface area contributed by atoms with Crippen molar-refractivity contribution in [2.45, 2.75) is 38.2 Å². The third-order valence-electron chi connectivity index (χ3n) is 5.20. The van der Waals surface area contributed by atoms with Crippen molar-refractivity contribution >= 4 is 15.9 Å². The first kappa shape index (κ1) is 19.9. The van der Waals surface area contributed by atoms with Gasteiger partial charge in [0.15, 0.2) is 0 Å². The van der Waals surface area contributed by atoms with Gasteiger partial charge in [0, 0.05) is 25.6 Å². The van der Waals surface area contributed by atoms with Gasteiger partial charge in [-0.2, -0.15) is 0 Å². The number of sulfonamides is 1. The molecule has 1 saturated heterocycles. The number of amides is 1. The van der Waals surface area contributed by atoms with Crippen LogP contribution in [0.2, 0.25) is 0 Å². The van der Waals surface area contributed by atoms with Crippen molar-refractivity contribution in [3.63, 3.8) is 0 Å². The van der Waals surface area contributed by atoms with Crippen LogP contribution in [0.1, 0.15) is 38.2 Å². The predicted octanol–water partition coefficient (Wildman–Crippen LogP) is 1.33. The molecule has 1 fully saturated rings. The van der Waals surface area contributed by atoms with Crippen LogP contribution in [0.15, 0.2) is 30.3 Å². The molecule has 1 aromatic rings. The average Bonchev–Trinajstić information content (AvgIpc) is 2.59. The third kappa shape index (κ3) is 5.03. The highest BCUT2D eigenvalue weighted by Gasteiger charge is 2.37. The van der Waals surface area contributed by atoms with Crippen molar-refractivity contribution in [1.82, 2.24) is 9.62 Å². The van der Waals surface area contributed by atoms with Crippen LogP contribution >= 0.6 is 0 Å². The maximum Gasteiger partial charge on any atom is 0.252 e. The molecule has 0 radical (unpaired) electrons. The minimum atomic E-state index is -3.14. The van der Waals surface area contributed by atoms with Crippen LogP contribution in [0.3, 0.4) is 0 Å². The van der Waals surface area contributed by atoms with Gasteiger partial charge in [0.2, 0.25) is 10.0 Å². The molecule has 2 N–H and O–H groups in total. The van der Waals surface area contributed by atoms with Gasteiger partial charge in [-0.05, 0) is 31.2 Å². The molecule has 0 aromatic heterocycles. The Kier molecular flexibility index (Phi) is 6.24. The van der Waals surface area contributed by atoms with E-state index in [9.17, 15) is 18.3 Å². The third-order valence-corrected chi connectivity index (χ3v) is 6.50. The number of carbonyl (C=O) groups excluding carboxylic acids is 1. The maximum atomic E-state index is 12.5. The van der Waals surface area contributed by atoms with E-state index in [1.165, 1.54) is 17.5 Å². The number of aliphatic hydroxyl groups is 1.